The van der Waals surface area contributed by atoms with E-state index in [9.17, 15) is 8.42 Å². The molecule has 114 valence electrons. The van der Waals surface area contributed by atoms with Crippen molar-refractivity contribution in [2.75, 3.05) is 11.6 Å². The van der Waals surface area contributed by atoms with Gasteiger partial charge in [0, 0.05) is 11.9 Å². The number of unbranched alkanes of at least 4 members (excludes halogenated alkanes) is 1. The minimum atomic E-state index is -3.15. The molecule has 1 fully saturated rings. The molecule has 3 atom stereocenters. The summed E-state index contributed by atoms with van der Waals surface area (Å²) in [6, 6.07) is 0.116. The average Bonchev–Trinajstić information content (AvgIpc) is 2.28. The molecule has 0 saturated heterocycles. The molecule has 19 heavy (non-hydrogen) atoms. The lowest BCUT2D eigenvalue weighted by Gasteiger charge is -2.37. The zero-order valence-electron chi connectivity index (χ0n) is 12.4. The molecule has 1 rings (SSSR count). The summed E-state index contributed by atoms with van der Waals surface area (Å²) in [5.41, 5.74) is 0. The number of halogens is 1. The fourth-order valence-corrected chi connectivity index (χ4v) is 4.64. The molecule has 5 heteroatoms. The second-order valence-corrected chi connectivity index (χ2v) is 8.52. The Morgan fingerprint density at radius 2 is 1.95 bits per heavy atom. The molecule has 0 aromatic heterocycles. The first-order chi connectivity index (χ1) is 8.85. The summed E-state index contributed by atoms with van der Waals surface area (Å²) in [7, 11) is -3.15. The van der Waals surface area contributed by atoms with Gasteiger partial charge in [-0.2, -0.15) is 0 Å². The second kappa shape index (κ2) is 7.84. The average molecular weight is 310 g/mol. The zero-order valence-corrected chi connectivity index (χ0v) is 13.9. The summed E-state index contributed by atoms with van der Waals surface area (Å²) in [6.45, 7) is 6.59. The van der Waals surface area contributed by atoms with Gasteiger partial charge in [0.2, 0.25) is 10.0 Å². The van der Waals surface area contributed by atoms with E-state index in [0.717, 1.165) is 19.3 Å². The van der Waals surface area contributed by atoms with Gasteiger partial charge in [-0.05, 0) is 43.4 Å². The molecule has 0 aromatic rings. The lowest BCUT2D eigenvalue weighted by atomic mass is 9.74. The minimum absolute atomic E-state index is 0.116. The molecule has 0 aromatic carbocycles. The Kier molecular flexibility index (Phi) is 7.12. The van der Waals surface area contributed by atoms with E-state index in [-0.39, 0.29) is 11.8 Å². The molecule has 0 aliphatic heterocycles. The lowest BCUT2D eigenvalue weighted by molar-refractivity contribution is 0.188. The standard InChI is InChI=1S/C14H28ClNO2S/c1-11(2)13-7-6-12(3)10-14(13)16-19(17,18)9-5-4-8-15/h11-14,16H,4-10H2,1-3H3. The van der Waals surface area contributed by atoms with Crippen molar-refractivity contribution in [1.82, 2.24) is 4.72 Å². The second-order valence-electron chi connectivity index (χ2n) is 6.27. The van der Waals surface area contributed by atoms with Crippen molar-refractivity contribution in [3.63, 3.8) is 0 Å². The molecule has 0 amide bonds. The van der Waals surface area contributed by atoms with E-state index in [1.165, 1.54) is 6.42 Å². The van der Waals surface area contributed by atoms with Gasteiger partial charge in [0.1, 0.15) is 0 Å². The number of sulfonamides is 1. The van der Waals surface area contributed by atoms with E-state index in [1.54, 1.807) is 0 Å². The van der Waals surface area contributed by atoms with Crippen LogP contribution in [0.25, 0.3) is 0 Å². The first-order valence-electron chi connectivity index (χ1n) is 7.41. The van der Waals surface area contributed by atoms with Crippen LogP contribution in [0.4, 0.5) is 0 Å². The SMILES string of the molecule is CC1CCC(C(C)C)C(NS(=O)(=O)CCCCCl)C1. The van der Waals surface area contributed by atoms with Crippen molar-refractivity contribution < 1.29 is 8.42 Å². The molecule has 1 aliphatic rings. The quantitative estimate of drug-likeness (QED) is 0.579. The fraction of sp³-hybridized carbons (Fsp3) is 1.00. The zero-order chi connectivity index (χ0) is 14.5. The maximum Gasteiger partial charge on any atom is 0.211 e. The summed E-state index contributed by atoms with van der Waals surface area (Å²) in [5.74, 6) is 2.35. The van der Waals surface area contributed by atoms with Gasteiger partial charge in [-0.15, -0.1) is 11.6 Å². The maximum atomic E-state index is 12.1. The summed E-state index contributed by atoms with van der Waals surface area (Å²) in [4.78, 5) is 0. The van der Waals surface area contributed by atoms with Crippen molar-refractivity contribution >= 4 is 21.6 Å². The van der Waals surface area contributed by atoms with Crippen LogP contribution in [-0.4, -0.2) is 26.1 Å². The molecule has 3 unspecified atom stereocenters. The third-order valence-electron chi connectivity index (χ3n) is 4.15. The van der Waals surface area contributed by atoms with Gasteiger partial charge in [-0.25, -0.2) is 13.1 Å². The third-order valence-corrected chi connectivity index (χ3v) is 5.91. The van der Waals surface area contributed by atoms with Crippen LogP contribution >= 0.6 is 11.6 Å². The molecular weight excluding hydrogens is 282 g/mol. The molecule has 0 bridgehead atoms. The summed E-state index contributed by atoms with van der Waals surface area (Å²) >= 11 is 5.59. The van der Waals surface area contributed by atoms with Crippen LogP contribution in [0.3, 0.4) is 0 Å². The van der Waals surface area contributed by atoms with Crippen LogP contribution in [0, 0.1) is 17.8 Å². The summed E-state index contributed by atoms with van der Waals surface area (Å²) in [6.07, 6.45) is 4.73. The highest BCUT2D eigenvalue weighted by Gasteiger charge is 2.32. The van der Waals surface area contributed by atoms with E-state index in [4.69, 9.17) is 11.6 Å². The van der Waals surface area contributed by atoms with Crippen molar-refractivity contribution in [2.24, 2.45) is 17.8 Å². The van der Waals surface area contributed by atoms with Gasteiger partial charge in [-0.3, -0.25) is 0 Å². The fourth-order valence-electron chi connectivity index (χ4n) is 3.01. The normalized spacial score (nSPS) is 28.8. The molecule has 1 saturated carbocycles. The van der Waals surface area contributed by atoms with Crippen LogP contribution < -0.4 is 4.72 Å². The van der Waals surface area contributed by atoms with E-state index in [2.05, 4.69) is 25.5 Å². The highest BCUT2D eigenvalue weighted by Crippen LogP contribution is 2.33. The Bertz CT molecular complexity index is 356. The minimum Gasteiger partial charge on any atom is -0.212 e. The Morgan fingerprint density at radius 1 is 1.26 bits per heavy atom. The van der Waals surface area contributed by atoms with Crippen LogP contribution in [0.2, 0.25) is 0 Å². The lowest BCUT2D eigenvalue weighted by Crippen LogP contribution is -2.46. The van der Waals surface area contributed by atoms with Gasteiger partial charge < -0.3 is 0 Å². The van der Waals surface area contributed by atoms with Gasteiger partial charge in [0.15, 0.2) is 0 Å². The Hall–Kier alpha value is 0.200. The molecule has 1 aliphatic carbocycles. The Labute approximate surface area is 123 Å². The van der Waals surface area contributed by atoms with E-state index < -0.39 is 10.0 Å². The van der Waals surface area contributed by atoms with Crippen molar-refractivity contribution in [3.05, 3.63) is 0 Å². The van der Waals surface area contributed by atoms with Crippen LogP contribution in [0.15, 0.2) is 0 Å². The molecule has 0 spiro atoms. The maximum absolute atomic E-state index is 12.1. The number of hydrogen-bond donors (Lipinski definition) is 1. The Morgan fingerprint density at radius 3 is 2.53 bits per heavy atom. The van der Waals surface area contributed by atoms with Crippen molar-refractivity contribution in [3.8, 4) is 0 Å². The number of nitrogens with one attached hydrogen (secondary N) is 1. The molecule has 0 heterocycles. The number of rotatable bonds is 7. The monoisotopic (exact) mass is 309 g/mol. The smallest absolute Gasteiger partial charge is 0.211 e. The third kappa shape index (κ3) is 6.01. The predicted octanol–water partition coefficient (Wildman–Crippen LogP) is 3.39. The van der Waals surface area contributed by atoms with Gasteiger partial charge in [0.25, 0.3) is 0 Å². The first kappa shape index (κ1) is 17.3. The topological polar surface area (TPSA) is 46.2 Å². The van der Waals surface area contributed by atoms with Crippen molar-refractivity contribution in [1.29, 1.82) is 0 Å². The molecule has 3 nitrogen and oxygen atoms in total. The number of alkyl halides is 1. The van der Waals surface area contributed by atoms with Gasteiger partial charge in [-0.1, -0.05) is 27.2 Å². The van der Waals surface area contributed by atoms with Crippen LogP contribution in [-0.2, 0) is 10.0 Å². The van der Waals surface area contributed by atoms with Crippen molar-refractivity contribution in [2.45, 2.75) is 58.9 Å². The van der Waals surface area contributed by atoms with Crippen LogP contribution in [0.5, 0.6) is 0 Å². The van der Waals surface area contributed by atoms with Crippen LogP contribution in [0.1, 0.15) is 52.9 Å². The first-order valence-corrected chi connectivity index (χ1v) is 9.60. The summed E-state index contributed by atoms with van der Waals surface area (Å²) < 4.78 is 27.1. The predicted molar refractivity (Wildman–Crippen MR) is 82.0 cm³/mol. The van der Waals surface area contributed by atoms with Gasteiger partial charge in [0.05, 0.1) is 5.75 Å². The molecule has 1 N–H and O–H groups in total. The van der Waals surface area contributed by atoms with E-state index in [1.807, 2.05) is 0 Å². The molecule has 0 radical (unpaired) electrons. The highest BCUT2D eigenvalue weighted by atomic mass is 35.5. The highest BCUT2D eigenvalue weighted by molar-refractivity contribution is 7.89. The molecular formula is C14H28ClNO2S. The Balaban J connectivity index is 2.60. The van der Waals surface area contributed by atoms with E-state index in [0.29, 0.717) is 30.1 Å². The van der Waals surface area contributed by atoms with Gasteiger partial charge >= 0.3 is 0 Å². The van der Waals surface area contributed by atoms with E-state index >= 15 is 0 Å². The number of hydrogen-bond acceptors (Lipinski definition) is 2. The summed E-state index contributed by atoms with van der Waals surface area (Å²) in [5, 5.41) is 0. The largest absolute Gasteiger partial charge is 0.212 e.